The van der Waals surface area contributed by atoms with Crippen LogP contribution in [0.2, 0.25) is 5.02 Å². The van der Waals surface area contributed by atoms with Crippen LogP contribution in [0.4, 0.5) is 4.79 Å². The fourth-order valence-corrected chi connectivity index (χ4v) is 3.07. The van der Waals surface area contributed by atoms with Crippen LogP contribution in [0.25, 0.3) is 16.6 Å². The average molecular weight is 373 g/mol. The molecule has 8 heteroatoms. The van der Waals surface area contributed by atoms with Crippen molar-refractivity contribution < 1.29 is 9.90 Å². The van der Waals surface area contributed by atoms with Gasteiger partial charge in [0.05, 0.1) is 33.9 Å². The first-order valence-electron chi connectivity index (χ1n) is 7.93. The van der Waals surface area contributed by atoms with Gasteiger partial charge in [-0.25, -0.2) is 9.78 Å². The van der Waals surface area contributed by atoms with Crippen molar-refractivity contribution in [2.75, 3.05) is 0 Å². The van der Waals surface area contributed by atoms with Gasteiger partial charge in [-0.1, -0.05) is 17.7 Å². The molecule has 0 saturated carbocycles. The van der Waals surface area contributed by atoms with Crippen LogP contribution in [0.3, 0.4) is 0 Å². The highest BCUT2D eigenvalue weighted by Gasteiger charge is 2.21. The number of fused-ring (bicyclic) bond motifs is 1. The van der Waals surface area contributed by atoms with E-state index in [-0.39, 0.29) is 21.8 Å². The van der Waals surface area contributed by atoms with E-state index in [1.165, 1.54) is 4.57 Å². The molecule has 26 heavy (non-hydrogen) atoms. The first-order chi connectivity index (χ1) is 12.3. The maximum Gasteiger partial charge on any atom is 0.405 e. The Morgan fingerprint density at radius 2 is 2.04 bits per heavy atom. The third kappa shape index (κ3) is 3.01. The van der Waals surface area contributed by atoms with Gasteiger partial charge in [0.25, 0.3) is 5.56 Å². The highest BCUT2D eigenvalue weighted by molar-refractivity contribution is 6.35. The lowest BCUT2D eigenvalue weighted by atomic mass is 10.1. The summed E-state index contributed by atoms with van der Waals surface area (Å²) in [4.78, 5) is 33.0. The largest absolute Gasteiger partial charge is 0.465 e. The van der Waals surface area contributed by atoms with Crippen molar-refractivity contribution in [1.29, 1.82) is 0 Å². The second-order valence-corrected chi connectivity index (χ2v) is 6.42. The molecule has 7 nitrogen and oxygen atoms in total. The highest BCUT2D eigenvalue weighted by Crippen LogP contribution is 2.24. The standard InChI is InChI=1S/C18H17ClN4O3/c1-9-7-20-8-14(10(9)2)23-16(11(3)21-18(25)26)22-13-6-4-5-12(19)15(13)17(23)24/h4-8,11,21H,1-3H3,(H,25,26)/t11-/m0/s1. The Balaban J connectivity index is 2.43. The Hall–Kier alpha value is -2.93. The molecule has 0 unspecified atom stereocenters. The van der Waals surface area contributed by atoms with Gasteiger partial charge in [-0.2, -0.15) is 0 Å². The van der Waals surface area contributed by atoms with E-state index in [4.69, 9.17) is 16.7 Å². The molecule has 0 aliphatic carbocycles. The van der Waals surface area contributed by atoms with Crippen molar-refractivity contribution in [1.82, 2.24) is 19.9 Å². The second-order valence-electron chi connectivity index (χ2n) is 6.02. The predicted octanol–water partition coefficient (Wildman–Crippen LogP) is 3.38. The zero-order valence-electron chi connectivity index (χ0n) is 14.4. The van der Waals surface area contributed by atoms with Crippen LogP contribution in [0.1, 0.15) is 29.9 Å². The Kier molecular flexibility index (Phi) is 4.65. The fourth-order valence-electron chi connectivity index (χ4n) is 2.82. The topological polar surface area (TPSA) is 97.1 Å². The van der Waals surface area contributed by atoms with Crippen molar-refractivity contribution in [2.45, 2.75) is 26.8 Å². The molecule has 2 heterocycles. The summed E-state index contributed by atoms with van der Waals surface area (Å²) in [6.45, 7) is 5.38. The summed E-state index contributed by atoms with van der Waals surface area (Å²) in [7, 11) is 0. The number of aryl methyl sites for hydroxylation is 1. The number of rotatable bonds is 3. The van der Waals surface area contributed by atoms with Crippen molar-refractivity contribution in [2.24, 2.45) is 0 Å². The van der Waals surface area contributed by atoms with Crippen LogP contribution in [0.15, 0.2) is 35.4 Å². The molecule has 0 radical (unpaired) electrons. The van der Waals surface area contributed by atoms with Gasteiger partial charge in [0.2, 0.25) is 0 Å². The van der Waals surface area contributed by atoms with Crippen LogP contribution >= 0.6 is 11.6 Å². The SMILES string of the molecule is Cc1cncc(-n2c([C@H](C)NC(=O)O)nc3cccc(Cl)c3c2=O)c1C. The summed E-state index contributed by atoms with van der Waals surface area (Å²) >= 11 is 6.23. The molecule has 0 aliphatic heterocycles. The average Bonchev–Trinajstić information content (AvgIpc) is 2.57. The maximum absolute atomic E-state index is 13.3. The number of halogens is 1. The maximum atomic E-state index is 13.3. The molecule has 0 bridgehead atoms. The summed E-state index contributed by atoms with van der Waals surface area (Å²) in [5.41, 5.74) is 2.33. The Morgan fingerprint density at radius 1 is 1.31 bits per heavy atom. The van der Waals surface area contributed by atoms with Crippen LogP contribution in [-0.2, 0) is 0 Å². The third-order valence-electron chi connectivity index (χ3n) is 4.28. The number of benzene rings is 1. The number of pyridine rings is 1. The van der Waals surface area contributed by atoms with E-state index in [0.29, 0.717) is 11.2 Å². The first-order valence-corrected chi connectivity index (χ1v) is 8.31. The number of hydrogen-bond donors (Lipinski definition) is 2. The summed E-state index contributed by atoms with van der Waals surface area (Å²) in [6.07, 6.45) is 2.05. The van der Waals surface area contributed by atoms with E-state index in [2.05, 4.69) is 15.3 Å². The molecule has 1 aromatic carbocycles. The van der Waals surface area contributed by atoms with Gasteiger partial charge in [0, 0.05) is 6.20 Å². The molecule has 134 valence electrons. The number of carboxylic acid groups (broad SMARTS) is 1. The normalized spacial score (nSPS) is 12.2. The highest BCUT2D eigenvalue weighted by atomic mass is 35.5. The van der Waals surface area contributed by atoms with Gasteiger partial charge in [-0.3, -0.25) is 14.3 Å². The van der Waals surface area contributed by atoms with E-state index < -0.39 is 12.1 Å². The number of hydrogen-bond acceptors (Lipinski definition) is 4. The molecular formula is C18H17ClN4O3. The molecule has 3 aromatic rings. The van der Waals surface area contributed by atoms with Crippen LogP contribution < -0.4 is 10.9 Å². The lowest BCUT2D eigenvalue weighted by Gasteiger charge is -2.20. The van der Waals surface area contributed by atoms with Crippen molar-refractivity contribution in [3.05, 3.63) is 62.9 Å². The summed E-state index contributed by atoms with van der Waals surface area (Å²) in [6, 6.07) is 4.27. The van der Waals surface area contributed by atoms with Gasteiger partial charge in [0.15, 0.2) is 0 Å². The molecule has 0 aliphatic rings. The number of aromatic nitrogens is 3. The van der Waals surface area contributed by atoms with Crippen LogP contribution in [-0.4, -0.2) is 25.7 Å². The quantitative estimate of drug-likeness (QED) is 0.734. The van der Waals surface area contributed by atoms with Crippen LogP contribution in [0.5, 0.6) is 0 Å². The minimum absolute atomic E-state index is 0.266. The first kappa shape index (κ1) is 17.9. The summed E-state index contributed by atoms with van der Waals surface area (Å²) in [5, 5.41) is 12.0. The lowest BCUT2D eigenvalue weighted by Crippen LogP contribution is -2.33. The van der Waals surface area contributed by atoms with E-state index in [1.807, 2.05) is 13.8 Å². The second kappa shape index (κ2) is 6.76. The number of carbonyl (C=O) groups is 1. The summed E-state index contributed by atoms with van der Waals surface area (Å²) in [5.74, 6) is 0.266. The van der Waals surface area contributed by atoms with Gasteiger partial charge < -0.3 is 10.4 Å². The van der Waals surface area contributed by atoms with E-state index >= 15 is 0 Å². The molecule has 1 amide bonds. The third-order valence-corrected chi connectivity index (χ3v) is 4.60. The molecule has 3 rings (SSSR count). The minimum Gasteiger partial charge on any atom is -0.465 e. The Labute approximate surface area is 154 Å². The van der Waals surface area contributed by atoms with E-state index in [0.717, 1.165) is 11.1 Å². The molecule has 0 saturated heterocycles. The number of nitrogens with zero attached hydrogens (tertiary/aromatic N) is 3. The Bertz CT molecular complexity index is 1080. The molecule has 2 N–H and O–H groups in total. The molecule has 0 spiro atoms. The minimum atomic E-state index is -1.21. The monoisotopic (exact) mass is 372 g/mol. The lowest BCUT2D eigenvalue weighted by molar-refractivity contribution is 0.190. The van der Waals surface area contributed by atoms with Gasteiger partial charge in [-0.05, 0) is 44.0 Å². The zero-order valence-corrected chi connectivity index (χ0v) is 15.2. The van der Waals surface area contributed by atoms with Crippen molar-refractivity contribution >= 4 is 28.6 Å². The Morgan fingerprint density at radius 3 is 2.73 bits per heavy atom. The van der Waals surface area contributed by atoms with Gasteiger partial charge in [-0.15, -0.1) is 0 Å². The van der Waals surface area contributed by atoms with Crippen molar-refractivity contribution in [3.63, 3.8) is 0 Å². The molecule has 2 aromatic heterocycles. The molecular weight excluding hydrogens is 356 g/mol. The molecule has 1 atom stereocenters. The predicted molar refractivity (Wildman–Crippen MR) is 99.2 cm³/mol. The smallest absolute Gasteiger partial charge is 0.405 e. The number of nitrogens with one attached hydrogen (secondary N) is 1. The van der Waals surface area contributed by atoms with Gasteiger partial charge >= 0.3 is 6.09 Å². The van der Waals surface area contributed by atoms with E-state index in [1.54, 1.807) is 37.5 Å². The molecule has 0 fully saturated rings. The number of amides is 1. The zero-order chi connectivity index (χ0) is 19.0. The summed E-state index contributed by atoms with van der Waals surface area (Å²) < 4.78 is 1.38. The van der Waals surface area contributed by atoms with Crippen molar-refractivity contribution in [3.8, 4) is 5.69 Å². The van der Waals surface area contributed by atoms with Gasteiger partial charge in [0.1, 0.15) is 5.82 Å². The van der Waals surface area contributed by atoms with Crippen LogP contribution in [0, 0.1) is 13.8 Å². The van der Waals surface area contributed by atoms with E-state index in [9.17, 15) is 9.59 Å². The fraction of sp³-hybridized carbons (Fsp3) is 0.222.